The summed E-state index contributed by atoms with van der Waals surface area (Å²) in [5.41, 5.74) is 4.73. The van der Waals surface area contributed by atoms with Crippen LogP contribution >= 0.6 is 0 Å². The van der Waals surface area contributed by atoms with Crippen LogP contribution in [0.4, 0.5) is 11.5 Å². The van der Waals surface area contributed by atoms with Gasteiger partial charge in [-0.2, -0.15) is 0 Å². The predicted octanol–water partition coefficient (Wildman–Crippen LogP) is 5.55. The second kappa shape index (κ2) is 7.20. The first-order valence-electron chi connectivity index (χ1n) is 9.34. The fourth-order valence-corrected chi connectivity index (χ4v) is 3.37. The van der Waals surface area contributed by atoms with Crippen molar-refractivity contribution in [1.29, 1.82) is 0 Å². The third kappa shape index (κ3) is 3.34. The predicted molar refractivity (Wildman–Crippen MR) is 114 cm³/mol. The molecule has 29 heavy (non-hydrogen) atoms. The van der Waals surface area contributed by atoms with Crippen molar-refractivity contribution < 1.29 is 9.21 Å². The van der Waals surface area contributed by atoms with Crippen molar-refractivity contribution in [3.63, 3.8) is 0 Å². The summed E-state index contributed by atoms with van der Waals surface area (Å²) in [5.74, 6) is 0.713. The molecule has 0 aliphatic carbocycles. The van der Waals surface area contributed by atoms with Crippen LogP contribution in [0, 0.1) is 0 Å². The highest BCUT2D eigenvalue weighted by atomic mass is 16.3. The number of fused-ring (bicyclic) bond motifs is 3. The van der Waals surface area contributed by atoms with Crippen LogP contribution in [0.1, 0.15) is 15.9 Å². The van der Waals surface area contributed by atoms with E-state index >= 15 is 0 Å². The van der Waals surface area contributed by atoms with Gasteiger partial charge < -0.3 is 9.73 Å². The van der Waals surface area contributed by atoms with Crippen LogP contribution in [0.5, 0.6) is 0 Å². The van der Waals surface area contributed by atoms with Crippen molar-refractivity contribution in [2.75, 3.05) is 5.32 Å². The summed E-state index contributed by atoms with van der Waals surface area (Å²) in [5, 5.41) is 4.25. The maximum absolute atomic E-state index is 12.4. The number of anilines is 2. The van der Waals surface area contributed by atoms with Crippen molar-refractivity contribution >= 4 is 39.4 Å². The highest BCUT2D eigenvalue weighted by Gasteiger charge is 2.13. The SMILES string of the molecule is O=C(Cc1ccc(Nc2ncnc3c2oc2ccccc23)cc1)c1ccccc1. The Labute approximate surface area is 167 Å². The molecule has 5 heteroatoms. The number of aromatic nitrogens is 2. The van der Waals surface area contributed by atoms with Gasteiger partial charge in [-0.05, 0) is 29.8 Å². The summed E-state index contributed by atoms with van der Waals surface area (Å²) in [6, 6.07) is 24.9. The smallest absolute Gasteiger partial charge is 0.196 e. The van der Waals surface area contributed by atoms with Gasteiger partial charge in [-0.15, -0.1) is 0 Å². The third-order valence-electron chi connectivity index (χ3n) is 4.84. The third-order valence-corrected chi connectivity index (χ3v) is 4.84. The lowest BCUT2D eigenvalue weighted by Gasteiger charge is -2.07. The average Bonchev–Trinajstić information content (AvgIpc) is 3.16. The fraction of sp³-hybridized carbons (Fsp3) is 0.0417. The lowest BCUT2D eigenvalue weighted by atomic mass is 10.0. The number of para-hydroxylation sites is 1. The summed E-state index contributed by atoms with van der Waals surface area (Å²) < 4.78 is 5.95. The largest absolute Gasteiger partial charge is 0.450 e. The topological polar surface area (TPSA) is 68.0 Å². The molecule has 0 radical (unpaired) electrons. The molecule has 140 valence electrons. The number of nitrogens with one attached hydrogen (secondary N) is 1. The van der Waals surface area contributed by atoms with E-state index in [1.54, 1.807) is 0 Å². The molecule has 0 saturated carbocycles. The van der Waals surface area contributed by atoms with Crippen LogP contribution in [-0.2, 0) is 6.42 Å². The van der Waals surface area contributed by atoms with Crippen LogP contribution in [-0.4, -0.2) is 15.8 Å². The Kier molecular flexibility index (Phi) is 4.26. The van der Waals surface area contributed by atoms with Gasteiger partial charge in [0.25, 0.3) is 0 Å². The van der Waals surface area contributed by atoms with Gasteiger partial charge in [0.15, 0.2) is 17.2 Å². The zero-order chi connectivity index (χ0) is 19.6. The number of carbonyl (C=O) groups excluding carboxylic acids is 1. The molecule has 0 aliphatic rings. The number of nitrogens with zero attached hydrogens (tertiary/aromatic N) is 2. The molecular formula is C24H17N3O2. The van der Waals surface area contributed by atoms with E-state index < -0.39 is 0 Å². The first-order chi connectivity index (χ1) is 14.3. The van der Waals surface area contributed by atoms with E-state index in [2.05, 4.69) is 15.3 Å². The zero-order valence-electron chi connectivity index (χ0n) is 15.5. The number of benzene rings is 3. The van der Waals surface area contributed by atoms with E-state index in [0.717, 1.165) is 33.3 Å². The van der Waals surface area contributed by atoms with E-state index in [9.17, 15) is 4.79 Å². The Morgan fingerprint density at radius 1 is 0.862 bits per heavy atom. The van der Waals surface area contributed by atoms with Gasteiger partial charge in [0.2, 0.25) is 0 Å². The van der Waals surface area contributed by atoms with Gasteiger partial charge in [0.05, 0.1) is 0 Å². The highest BCUT2D eigenvalue weighted by Crippen LogP contribution is 2.31. The van der Waals surface area contributed by atoms with Crippen molar-refractivity contribution in [2.45, 2.75) is 6.42 Å². The monoisotopic (exact) mass is 379 g/mol. The number of furan rings is 1. The van der Waals surface area contributed by atoms with Crippen molar-refractivity contribution in [1.82, 2.24) is 9.97 Å². The second-order valence-corrected chi connectivity index (χ2v) is 6.79. The Morgan fingerprint density at radius 2 is 1.62 bits per heavy atom. The van der Waals surface area contributed by atoms with E-state index in [-0.39, 0.29) is 5.78 Å². The van der Waals surface area contributed by atoms with Gasteiger partial charge in [0.1, 0.15) is 17.4 Å². The van der Waals surface area contributed by atoms with E-state index in [1.165, 1.54) is 6.33 Å². The molecular weight excluding hydrogens is 362 g/mol. The summed E-state index contributed by atoms with van der Waals surface area (Å²) in [6.45, 7) is 0. The summed E-state index contributed by atoms with van der Waals surface area (Å²) >= 11 is 0. The minimum Gasteiger partial charge on any atom is -0.450 e. The minimum absolute atomic E-state index is 0.103. The first-order valence-corrected chi connectivity index (χ1v) is 9.34. The van der Waals surface area contributed by atoms with Crippen LogP contribution in [0.25, 0.3) is 22.1 Å². The van der Waals surface area contributed by atoms with Crippen LogP contribution < -0.4 is 5.32 Å². The molecule has 2 aromatic heterocycles. The summed E-state index contributed by atoms with van der Waals surface area (Å²) in [7, 11) is 0. The average molecular weight is 379 g/mol. The van der Waals surface area contributed by atoms with Crippen LogP contribution in [0.15, 0.2) is 89.6 Å². The number of ketones is 1. The molecule has 0 bridgehead atoms. The maximum atomic E-state index is 12.4. The quantitative estimate of drug-likeness (QED) is 0.406. The highest BCUT2D eigenvalue weighted by molar-refractivity contribution is 6.05. The number of Topliss-reactive ketones (excluding diaryl/α,β-unsaturated/α-hetero) is 1. The van der Waals surface area contributed by atoms with Gasteiger partial charge >= 0.3 is 0 Å². The summed E-state index contributed by atoms with van der Waals surface area (Å²) in [6.07, 6.45) is 1.89. The van der Waals surface area contributed by atoms with E-state index in [0.29, 0.717) is 17.8 Å². The Bertz CT molecular complexity index is 1310. The van der Waals surface area contributed by atoms with Crippen molar-refractivity contribution in [3.8, 4) is 0 Å². The van der Waals surface area contributed by atoms with Gasteiger partial charge in [-0.1, -0.05) is 54.6 Å². The van der Waals surface area contributed by atoms with Gasteiger partial charge in [0, 0.05) is 23.1 Å². The Balaban J connectivity index is 1.38. The van der Waals surface area contributed by atoms with E-state index in [4.69, 9.17) is 4.42 Å². The first kappa shape index (κ1) is 17.1. The molecule has 5 nitrogen and oxygen atoms in total. The normalized spacial score (nSPS) is 11.0. The second-order valence-electron chi connectivity index (χ2n) is 6.79. The molecule has 5 rings (SSSR count). The Morgan fingerprint density at radius 3 is 2.45 bits per heavy atom. The molecule has 0 amide bonds. The van der Waals surface area contributed by atoms with Gasteiger partial charge in [-0.25, -0.2) is 9.97 Å². The van der Waals surface area contributed by atoms with Crippen LogP contribution in [0.2, 0.25) is 0 Å². The zero-order valence-corrected chi connectivity index (χ0v) is 15.5. The number of carbonyl (C=O) groups is 1. The Hall–Kier alpha value is -3.99. The van der Waals surface area contributed by atoms with Crippen molar-refractivity contribution in [2.24, 2.45) is 0 Å². The van der Waals surface area contributed by atoms with E-state index in [1.807, 2.05) is 78.9 Å². The summed E-state index contributed by atoms with van der Waals surface area (Å²) in [4.78, 5) is 21.1. The fourth-order valence-electron chi connectivity index (χ4n) is 3.37. The molecule has 0 aliphatic heterocycles. The molecule has 2 heterocycles. The lowest BCUT2D eigenvalue weighted by Crippen LogP contribution is -2.03. The number of hydrogen-bond donors (Lipinski definition) is 1. The molecule has 0 spiro atoms. The molecule has 1 N–H and O–H groups in total. The molecule has 3 aromatic carbocycles. The molecule has 0 unspecified atom stereocenters. The standard InChI is InChI=1S/C24H17N3O2/c28-20(17-6-2-1-3-7-17)14-16-10-12-18(13-11-16)27-24-23-22(25-15-26-24)19-8-4-5-9-21(19)29-23/h1-13,15H,14H2,(H,25,26,27). The molecule has 0 saturated heterocycles. The molecule has 0 fully saturated rings. The lowest BCUT2D eigenvalue weighted by molar-refractivity contribution is 0.0993. The van der Waals surface area contributed by atoms with Gasteiger partial charge in [-0.3, -0.25) is 4.79 Å². The minimum atomic E-state index is 0.103. The van der Waals surface area contributed by atoms with Crippen molar-refractivity contribution in [3.05, 3.63) is 96.3 Å². The maximum Gasteiger partial charge on any atom is 0.196 e. The molecule has 0 atom stereocenters. The van der Waals surface area contributed by atoms with Crippen LogP contribution in [0.3, 0.4) is 0 Å². The number of rotatable bonds is 5. The number of hydrogen-bond acceptors (Lipinski definition) is 5. The molecule has 5 aromatic rings.